The number of benzene rings is 6. The van der Waals surface area contributed by atoms with E-state index < -0.39 is 0 Å². The van der Waals surface area contributed by atoms with Gasteiger partial charge in [0.1, 0.15) is 0 Å². The van der Waals surface area contributed by atoms with Gasteiger partial charge in [-0.25, -0.2) is 14.8 Å². The van der Waals surface area contributed by atoms with Gasteiger partial charge in [-0.05, 0) is 47.3 Å². The molecule has 0 aliphatic carbocycles. The molecule has 0 spiro atoms. The summed E-state index contributed by atoms with van der Waals surface area (Å²) in [7, 11) is 0. The zero-order valence-electron chi connectivity index (χ0n) is 25.4. The second kappa shape index (κ2) is 9.12. The molecule has 0 radical (unpaired) electrons. The minimum Gasteiger partial charge on any atom is -0.307 e. The number of para-hydroxylation sites is 2. The van der Waals surface area contributed by atoms with E-state index in [2.05, 4.69) is 105 Å². The largest absolute Gasteiger partial charge is 0.307 e. The van der Waals surface area contributed by atoms with E-state index in [0.29, 0.717) is 17.3 Å². The molecule has 0 N–H and O–H groups in total. The van der Waals surface area contributed by atoms with Gasteiger partial charge in [0.25, 0.3) is 0 Å². The highest BCUT2D eigenvalue weighted by Gasteiger charge is 2.26. The van der Waals surface area contributed by atoms with Crippen molar-refractivity contribution in [2.75, 3.05) is 0 Å². The molecule has 6 nitrogen and oxygen atoms in total. The number of hydrogen-bond donors (Lipinski definition) is 0. The quantitative estimate of drug-likeness (QED) is 0.183. The Bertz CT molecular complexity index is 3200. The molecular weight excluding hydrogens is 589 g/mol. The first-order valence-electron chi connectivity index (χ1n) is 15.9. The third-order valence-electron chi connectivity index (χ3n) is 9.89. The number of nitrogens with zero attached hydrogens (tertiary/aromatic N) is 6. The second-order valence-corrected chi connectivity index (χ2v) is 12.3. The van der Waals surface area contributed by atoms with Gasteiger partial charge in [-0.15, -0.1) is 0 Å². The van der Waals surface area contributed by atoms with Crippen molar-refractivity contribution in [2.24, 2.45) is 0 Å². The average Bonchev–Trinajstić information content (AvgIpc) is 3.79. The minimum atomic E-state index is 0.545. The van der Waals surface area contributed by atoms with Crippen molar-refractivity contribution in [1.29, 1.82) is 0 Å². The van der Waals surface area contributed by atoms with Crippen LogP contribution in [0, 0.1) is 6.57 Å². The fourth-order valence-corrected chi connectivity index (χ4v) is 7.96. The van der Waals surface area contributed by atoms with E-state index in [1.807, 2.05) is 36.4 Å². The van der Waals surface area contributed by atoms with E-state index in [0.717, 1.165) is 38.4 Å². The van der Waals surface area contributed by atoms with Crippen LogP contribution in [0.4, 0.5) is 5.69 Å². The average molecular weight is 611 g/mol. The van der Waals surface area contributed by atoms with Crippen molar-refractivity contribution < 1.29 is 0 Å². The molecule has 0 fully saturated rings. The van der Waals surface area contributed by atoms with E-state index in [1.165, 1.54) is 48.9 Å². The van der Waals surface area contributed by atoms with Crippen LogP contribution in [-0.4, -0.2) is 23.9 Å². The summed E-state index contributed by atoms with van der Waals surface area (Å²) in [6.45, 7) is 7.64. The molecule has 6 aromatic carbocycles. The molecule has 220 valence electrons. The molecule has 11 aromatic rings. The summed E-state index contributed by atoms with van der Waals surface area (Å²) in [6, 6.07) is 44.3. The third kappa shape index (κ3) is 3.17. The normalized spacial score (nSPS) is 12.1. The summed E-state index contributed by atoms with van der Waals surface area (Å²) in [6.07, 6.45) is 1.77. The highest BCUT2D eigenvalue weighted by atomic mass is 15.2. The molecule has 0 saturated heterocycles. The standard InChI is InChI=1S/C42H22N6/c1-43-26-12-8-11-25(22-26)37-31-16-9-21-44-41(31)46-42(45-37)48-35-18-7-5-15-29(35)33-23-32-28-14-4-6-17-34(28)47-38-27-13-3-2-10-24(27)19-20-30(38)36(39(32)47)40(33)48/h2-23H. The van der Waals surface area contributed by atoms with Gasteiger partial charge in [-0.2, -0.15) is 4.98 Å². The first-order chi connectivity index (χ1) is 23.8. The van der Waals surface area contributed by atoms with Gasteiger partial charge in [0.2, 0.25) is 5.95 Å². The summed E-state index contributed by atoms with van der Waals surface area (Å²) in [5.74, 6) is 0.545. The summed E-state index contributed by atoms with van der Waals surface area (Å²) >= 11 is 0. The van der Waals surface area contributed by atoms with Crippen LogP contribution in [0.15, 0.2) is 134 Å². The summed E-state index contributed by atoms with van der Waals surface area (Å²) in [5, 5.41) is 10.4. The van der Waals surface area contributed by atoms with Crippen molar-refractivity contribution in [3.05, 3.63) is 145 Å². The molecule has 0 aliphatic heterocycles. The lowest BCUT2D eigenvalue weighted by Gasteiger charge is -2.12. The first-order valence-corrected chi connectivity index (χ1v) is 15.9. The van der Waals surface area contributed by atoms with Crippen molar-refractivity contribution in [3.8, 4) is 17.2 Å². The van der Waals surface area contributed by atoms with Crippen LogP contribution >= 0.6 is 0 Å². The van der Waals surface area contributed by atoms with E-state index in [4.69, 9.17) is 21.5 Å². The SMILES string of the molecule is [C-]#[N+]c1cccc(-c2nc(-n3c4ccccc4c4cc5c6ccccc6n6c7c8ccccc8ccc7c(c43)c56)nc3ncccc23)c1. The molecule has 0 amide bonds. The molecule has 5 heterocycles. The van der Waals surface area contributed by atoms with Crippen LogP contribution in [0.2, 0.25) is 0 Å². The van der Waals surface area contributed by atoms with Gasteiger partial charge in [0.15, 0.2) is 11.3 Å². The van der Waals surface area contributed by atoms with E-state index in [9.17, 15) is 0 Å². The topological polar surface area (TPSA) is 52.4 Å². The number of fused-ring (bicyclic) bond motifs is 13. The molecule has 6 heteroatoms. The fraction of sp³-hybridized carbons (Fsp3) is 0. The number of pyridine rings is 1. The zero-order chi connectivity index (χ0) is 31.5. The number of rotatable bonds is 2. The lowest BCUT2D eigenvalue weighted by Crippen LogP contribution is -2.04. The highest BCUT2D eigenvalue weighted by Crippen LogP contribution is 2.47. The summed E-state index contributed by atoms with van der Waals surface area (Å²) in [4.78, 5) is 18.9. The maximum absolute atomic E-state index is 7.64. The maximum atomic E-state index is 7.64. The molecule has 0 bridgehead atoms. The molecule has 11 rings (SSSR count). The second-order valence-electron chi connectivity index (χ2n) is 12.3. The molecule has 0 unspecified atom stereocenters. The van der Waals surface area contributed by atoms with Crippen LogP contribution in [0.1, 0.15) is 0 Å². The van der Waals surface area contributed by atoms with Crippen molar-refractivity contribution in [1.82, 2.24) is 23.9 Å². The lowest BCUT2D eigenvalue weighted by molar-refractivity contribution is 1.01. The molecule has 5 aromatic heterocycles. The van der Waals surface area contributed by atoms with Crippen LogP contribution < -0.4 is 0 Å². The van der Waals surface area contributed by atoms with Crippen molar-refractivity contribution in [3.63, 3.8) is 0 Å². The lowest BCUT2D eigenvalue weighted by atomic mass is 10.0. The van der Waals surface area contributed by atoms with Crippen molar-refractivity contribution >= 4 is 87.4 Å². The predicted octanol–water partition coefficient (Wildman–Crippen LogP) is 10.6. The van der Waals surface area contributed by atoms with Gasteiger partial charge in [-0.3, -0.25) is 4.57 Å². The van der Waals surface area contributed by atoms with Gasteiger partial charge in [0, 0.05) is 49.3 Å². The predicted molar refractivity (Wildman–Crippen MR) is 196 cm³/mol. The zero-order valence-corrected chi connectivity index (χ0v) is 25.4. The van der Waals surface area contributed by atoms with Gasteiger partial charge in [0.05, 0.1) is 39.8 Å². The van der Waals surface area contributed by atoms with Crippen LogP contribution in [0.3, 0.4) is 0 Å². The minimum absolute atomic E-state index is 0.545. The molecule has 48 heavy (non-hydrogen) atoms. The Labute approximate surface area is 272 Å². The highest BCUT2D eigenvalue weighted by molar-refractivity contribution is 6.36. The van der Waals surface area contributed by atoms with Crippen LogP contribution in [0.25, 0.3) is 104 Å². The third-order valence-corrected chi connectivity index (χ3v) is 9.89. The van der Waals surface area contributed by atoms with E-state index >= 15 is 0 Å². The Kier molecular flexibility index (Phi) is 4.82. The van der Waals surface area contributed by atoms with E-state index in [-0.39, 0.29) is 0 Å². The van der Waals surface area contributed by atoms with Crippen LogP contribution in [0.5, 0.6) is 0 Å². The Balaban J connectivity index is 1.39. The smallest absolute Gasteiger partial charge is 0.237 e. The molecular formula is C42H22N6. The summed E-state index contributed by atoms with van der Waals surface area (Å²) < 4.78 is 4.69. The van der Waals surface area contributed by atoms with E-state index in [1.54, 1.807) is 6.20 Å². The molecule has 0 aliphatic rings. The Morgan fingerprint density at radius 3 is 2.17 bits per heavy atom. The summed E-state index contributed by atoms with van der Waals surface area (Å²) in [5.41, 5.74) is 8.46. The number of hydrogen-bond acceptors (Lipinski definition) is 3. The Morgan fingerprint density at radius 2 is 1.29 bits per heavy atom. The molecule has 0 atom stereocenters. The number of aromatic nitrogens is 5. The Morgan fingerprint density at radius 1 is 0.542 bits per heavy atom. The Hall–Kier alpha value is -6.84. The first kappa shape index (κ1) is 25.4. The maximum Gasteiger partial charge on any atom is 0.237 e. The van der Waals surface area contributed by atoms with Gasteiger partial charge < -0.3 is 4.40 Å². The van der Waals surface area contributed by atoms with Crippen molar-refractivity contribution in [2.45, 2.75) is 0 Å². The van der Waals surface area contributed by atoms with Gasteiger partial charge in [-0.1, -0.05) is 91.0 Å². The monoisotopic (exact) mass is 610 g/mol. The fourth-order valence-electron chi connectivity index (χ4n) is 7.96. The van der Waals surface area contributed by atoms with Gasteiger partial charge >= 0.3 is 0 Å². The van der Waals surface area contributed by atoms with Crippen LogP contribution in [-0.2, 0) is 0 Å². The molecule has 0 saturated carbocycles.